The second-order valence-electron chi connectivity index (χ2n) is 7.34. The van der Waals surface area contributed by atoms with E-state index < -0.39 is 6.10 Å². The number of benzene rings is 2. The van der Waals surface area contributed by atoms with Gasteiger partial charge in [0.2, 0.25) is 0 Å². The Hall–Kier alpha value is -3.29. The van der Waals surface area contributed by atoms with E-state index in [0.29, 0.717) is 11.0 Å². The van der Waals surface area contributed by atoms with Gasteiger partial charge < -0.3 is 9.84 Å². The fourth-order valence-electron chi connectivity index (χ4n) is 3.56. The van der Waals surface area contributed by atoms with Gasteiger partial charge in [-0.1, -0.05) is 54.6 Å². The highest BCUT2D eigenvalue weighted by atomic mass is 16.5. The maximum absolute atomic E-state index is 12.6. The third-order valence-electron chi connectivity index (χ3n) is 5.15. The normalized spacial score (nSPS) is 13.4. The van der Waals surface area contributed by atoms with Crippen LogP contribution in [0, 0.1) is 6.92 Å². The lowest BCUT2D eigenvalue weighted by Gasteiger charge is -2.22. The highest BCUT2D eigenvalue weighted by Gasteiger charge is 2.19. The van der Waals surface area contributed by atoms with E-state index in [9.17, 15) is 9.90 Å². The van der Waals surface area contributed by atoms with Crippen LogP contribution in [0.3, 0.4) is 0 Å². The largest absolute Gasteiger partial charge is 0.389 e. The Morgan fingerprint density at radius 1 is 1.10 bits per heavy atom. The molecule has 2 atom stereocenters. The molecule has 0 aliphatic carbocycles. The van der Waals surface area contributed by atoms with E-state index >= 15 is 0 Å². The zero-order chi connectivity index (χ0) is 21.1. The van der Waals surface area contributed by atoms with Gasteiger partial charge in [0.05, 0.1) is 25.5 Å². The molecule has 0 amide bonds. The van der Waals surface area contributed by atoms with Crippen molar-refractivity contribution in [3.63, 3.8) is 0 Å². The van der Waals surface area contributed by atoms with Crippen LogP contribution in [0.2, 0.25) is 0 Å². The third kappa shape index (κ3) is 4.03. The quantitative estimate of drug-likeness (QED) is 0.512. The van der Waals surface area contributed by atoms with Gasteiger partial charge in [-0.15, -0.1) is 0 Å². The van der Waals surface area contributed by atoms with Crippen molar-refractivity contribution in [2.75, 3.05) is 6.61 Å². The highest BCUT2D eigenvalue weighted by molar-refractivity contribution is 5.72. The molecule has 1 N–H and O–H groups in total. The van der Waals surface area contributed by atoms with Gasteiger partial charge >= 0.3 is 0 Å². The van der Waals surface area contributed by atoms with Gasteiger partial charge in [-0.2, -0.15) is 5.10 Å². The predicted molar refractivity (Wildman–Crippen MR) is 114 cm³/mol. The first-order valence-corrected chi connectivity index (χ1v) is 9.82. The number of aliphatic hydroxyl groups is 1. The number of fused-ring (bicyclic) bond motifs is 1. The number of aromatic nitrogens is 4. The maximum Gasteiger partial charge on any atom is 0.264 e. The first-order valence-electron chi connectivity index (χ1n) is 9.82. The van der Waals surface area contributed by atoms with Crippen molar-refractivity contribution in [1.82, 2.24) is 19.3 Å². The number of ether oxygens (including phenoxy) is 1. The summed E-state index contributed by atoms with van der Waals surface area (Å²) in [6.45, 7) is 2.21. The first-order chi connectivity index (χ1) is 14.5. The zero-order valence-corrected chi connectivity index (χ0v) is 17.0. The summed E-state index contributed by atoms with van der Waals surface area (Å²) < 4.78 is 9.10. The number of aryl methyl sites for hydroxylation is 2. The van der Waals surface area contributed by atoms with Crippen molar-refractivity contribution in [3.8, 4) is 0 Å². The minimum atomic E-state index is -0.867. The minimum absolute atomic E-state index is 0.0748. The topological polar surface area (TPSA) is 82.2 Å². The molecule has 2 aromatic carbocycles. The summed E-state index contributed by atoms with van der Waals surface area (Å²) in [6, 6.07) is 18.0. The molecule has 0 bridgehead atoms. The van der Waals surface area contributed by atoms with Crippen molar-refractivity contribution in [2.24, 2.45) is 7.05 Å². The molecule has 2 heterocycles. The molecule has 4 aromatic rings. The van der Waals surface area contributed by atoms with Crippen LogP contribution in [0.15, 0.2) is 71.9 Å². The van der Waals surface area contributed by atoms with Crippen molar-refractivity contribution >= 4 is 11.0 Å². The number of hydrogen-bond acceptors (Lipinski definition) is 5. The molecule has 0 radical (unpaired) electrons. The summed E-state index contributed by atoms with van der Waals surface area (Å²) in [5.41, 5.74) is 3.46. The Kier molecular flexibility index (Phi) is 5.74. The van der Waals surface area contributed by atoms with Gasteiger partial charge in [-0.05, 0) is 23.6 Å². The lowest BCUT2D eigenvalue weighted by Crippen LogP contribution is -2.30. The summed E-state index contributed by atoms with van der Waals surface area (Å²) in [4.78, 5) is 16.9. The summed E-state index contributed by atoms with van der Waals surface area (Å²) in [7, 11) is 1.73. The average Bonchev–Trinajstić information content (AvgIpc) is 3.14. The van der Waals surface area contributed by atoms with Crippen molar-refractivity contribution in [2.45, 2.75) is 25.7 Å². The Morgan fingerprint density at radius 3 is 2.60 bits per heavy atom. The number of aliphatic hydroxyl groups excluding tert-OH is 1. The van der Waals surface area contributed by atoms with E-state index in [1.54, 1.807) is 11.7 Å². The minimum Gasteiger partial charge on any atom is -0.389 e. The van der Waals surface area contributed by atoms with Crippen LogP contribution in [0.4, 0.5) is 0 Å². The molecular formula is C23H24N4O3. The fourth-order valence-corrected chi connectivity index (χ4v) is 3.56. The molecule has 0 aliphatic heterocycles. The van der Waals surface area contributed by atoms with Crippen LogP contribution >= 0.6 is 0 Å². The van der Waals surface area contributed by atoms with Gasteiger partial charge in [0.15, 0.2) is 5.65 Å². The molecule has 0 aliphatic rings. The monoisotopic (exact) mass is 404 g/mol. The van der Waals surface area contributed by atoms with Crippen LogP contribution in [0.25, 0.3) is 11.0 Å². The molecule has 2 unspecified atom stereocenters. The summed E-state index contributed by atoms with van der Waals surface area (Å²) >= 11 is 0. The molecular weight excluding hydrogens is 380 g/mol. The van der Waals surface area contributed by atoms with E-state index in [1.807, 2.05) is 61.5 Å². The Bertz CT molecular complexity index is 1200. The molecule has 0 saturated carbocycles. The zero-order valence-electron chi connectivity index (χ0n) is 17.0. The molecule has 7 nitrogen and oxygen atoms in total. The second-order valence-corrected chi connectivity index (χ2v) is 7.34. The second kappa shape index (κ2) is 8.61. The summed E-state index contributed by atoms with van der Waals surface area (Å²) in [5, 5.41) is 15.1. The first kappa shape index (κ1) is 20.0. The lowest BCUT2D eigenvalue weighted by molar-refractivity contribution is -0.00119. The third-order valence-corrected chi connectivity index (χ3v) is 5.15. The standard InChI is InChI=1S/C23H24N4O3/c1-16-8-6-7-11-19(16)21(17-9-4-3-5-10-17)30-14-18(28)13-27-15-24-22-20(23(27)29)12-25-26(22)2/h3-12,15,18,21,28H,13-14H2,1-2H3. The molecule has 2 aromatic heterocycles. The molecule has 154 valence electrons. The lowest BCUT2D eigenvalue weighted by atomic mass is 9.97. The molecule has 30 heavy (non-hydrogen) atoms. The summed E-state index contributed by atoms with van der Waals surface area (Å²) in [5.74, 6) is 0. The fraction of sp³-hybridized carbons (Fsp3) is 0.261. The van der Waals surface area contributed by atoms with Crippen LogP contribution in [0.1, 0.15) is 22.8 Å². The van der Waals surface area contributed by atoms with Gasteiger partial charge in [-0.3, -0.25) is 14.0 Å². The van der Waals surface area contributed by atoms with Crippen LogP contribution in [-0.2, 0) is 18.3 Å². The molecule has 0 saturated heterocycles. The van der Waals surface area contributed by atoms with Gasteiger partial charge in [0.1, 0.15) is 17.8 Å². The van der Waals surface area contributed by atoms with Crippen molar-refractivity contribution in [1.29, 1.82) is 0 Å². The molecule has 0 fully saturated rings. The smallest absolute Gasteiger partial charge is 0.264 e. The van der Waals surface area contributed by atoms with Crippen LogP contribution < -0.4 is 5.56 Å². The number of rotatable bonds is 7. The predicted octanol–water partition coefficient (Wildman–Crippen LogP) is 2.61. The molecule has 4 rings (SSSR count). The van der Waals surface area contributed by atoms with Crippen LogP contribution in [-0.4, -0.2) is 37.1 Å². The highest BCUT2D eigenvalue weighted by Crippen LogP contribution is 2.28. The number of hydrogen-bond donors (Lipinski definition) is 1. The van der Waals surface area contributed by atoms with Crippen LogP contribution in [0.5, 0.6) is 0 Å². The Morgan fingerprint density at radius 2 is 1.83 bits per heavy atom. The van der Waals surface area contributed by atoms with Gasteiger partial charge in [0, 0.05) is 7.05 Å². The van der Waals surface area contributed by atoms with Crippen molar-refractivity contribution < 1.29 is 9.84 Å². The van der Waals surface area contributed by atoms with Gasteiger partial charge in [0.25, 0.3) is 5.56 Å². The van der Waals surface area contributed by atoms with Gasteiger partial charge in [-0.25, -0.2) is 4.98 Å². The van der Waals surface area contributed by atoms with E-state index in [1.165, 1.54) is 17.1 Å². The maximum atomic E-state index is 12.6. The average molecular weight is 404 g/mol. The van der Waals surface area contributed by atoms with E-state index in [2.05, 4.69) is 10.1 Å². The SMILES string of the molecule is Cc1ccccc1C(OCC(O)Cn1cnc2c(cnn2C)c1=O)c1ccccc1. The van der Waals surface area contributed by atoms with E-state index in [4.69, 9.17) is 4.74 Å². The Labute approximate surface area is 174 Å². The van der Waals surface area contributed by atoms with E-state index in [-0.39, 0.29) is 24.8 Å². The van der Waals surface area contributed by atoms with Crippen molar-refractivity contribution in [3.05, 3.63) is 94.2 Å². The molecule has 7 heteroatoms. The molecule has 0 spiro atoms. The summed E-state index contributed by atoms with van der Waals surface area (Å²) in [6.07, 6.45) is 1.76. The number of nitrogens with zero attached hydrogens (tertiary/aromatic N) is 4. The Balaban J connectivity index is 1.52. The van der Waals surface area contributed by atoms with E-state index in [0.717, 1.165) is 16.7 Å².